The minimum absolute atomic E-state index is 0.144. The van der Waals surface area contributed by atoms with Crippen LogP contribution in [0.2, 0.25) is 0 Å². The molecule has 0 N–H and O–H groups in total. The fourth-order valence-electron chi connectivity index (χ4n) is 2.67. The number of hydrogen-bond donors (Lipinski definition) is 0. The van der Waals surface area contributed by atoms with Gasteiger partial charge < -0.3 is 0 Å². The lowest BCUT2D eigenvalue weighted by atomic mass is 10.1. The first kappa shape index (κ1) is 17.9. The van der Waals surface area contributed by atoms with E-state index >= 15 is 0 Å². The van der Waals surface area contributed by atoms with Crippen LogP contribution >= 0.6 is 11.3 Å². The molecular formula is C21H14FN3O2S. The SMILES string of the molecule is O=c1nc2s/c(=C/C=C/c3ccccc3)c(=O)n2nc1Cc1ccc(F)cc1. The average molecular weight is 391 g/mol. The molecule has 28 heavy (non-hydrogen) atoms. The second kappa shape index (κ2) is 7.66. The second-order valence-electron chi connectivity index (χ2n) is 6.07. The number of hydrogen-bond acceptors (Lipinski definition) is 5. The molecule has 4 aromatic rings. The molecule has 0 fully saturated rings. The van der Waals surface area contributed by atoms with Gasteiger partial charge in [0.1, 0.15) is 11.5 Å². The Labute approximate surface area is 162 Å². The van der Waals surface area contributed by atoms with Crippen molar-refractivity contribution in [2.24, 2.45) is 0 Å². The van der Waals surface area contributed by atoms with Crippen molar-refractivity contribution in [3.05, 3.63) is 109 Å². The lowest BCUT2D eigenvalue weighted by Gasteiger charge is -2.00. The molecule has 0 amide bonds. The second-order valence-corrected chi connectivity index (χ2v) is 7.08. The maximum Gasteiger partial charge on any atom is 0.296 e. The Morgan fingerprint density at radius 3 is 2.54 bits per heavy atom. The van der Waals surface area contributed by atoms with Crippen LogP contribution in [-0.2, 0) is 6.42 Å². The first-order chi connectivity index (χ1) is 13.6. The lowest BCUT2D eigenvalue weighted by molar-refractivity contribution is 0.627. The zero-order chi connectivity index (χ0) is 19.5. The molecule has 4 rings (SSSR count). The van der Waals surface area contributed by atoms with Crippen LogP contribution in [0.15, 0.2) is 70.3 Å². The Bertz CT molecular complexity index is 1330. The highest BCUT2D eigenvalue weighted by molar-refractivity contribution is 7.15. The topological polar surface area (TPSA) is 64.3 Å². The Morgan fingerprint density at radius 2 is 1.79 bits per heavy atom. The van der Waals surface area contributed by atoms with Gasteiger partial charge in [-0.15, -0.1) is 0 Å². The van der Waals surface area contributed by atoms with Gasteiger partial charge in [0, 0.05) is 6.42 Å². The highest BCUT2D eigenvalue weighted by atomic mass is 32.1. The number of halogens is 1. The smallest absolute Gasteiger partial charge is 0.266 e. The van der Waals surface area contributed by atoms with Crippen LogP contribution < -0.4 is 15.7 Å². The van der Waals surface area contributed by atoms with Gasteiger partial charge in [0.25, 0.3) is 11.1 Å². The molecule has 2 heterocycles. The molecule has 0 aliphatic heterocycles. The summed E-state index contributed by atoms with van der Waals surface area (Å²) in [5, 5.41) is 4.18. The van der Waals surface area contributed by atoms with Gasteiger partial charge >= 0.3 is 0 Å². The maximum absolute atomic E-state index is 13.0. The summed E-state index contributed by atoms with van der Waals surface area (Å²) in [6, 6.07) is 15.5. The molecule has 0 saturated carbocycles. The van der Waals surface area contributed by atoms with Crippen LogP contribution in [0, 0.1) is 5.82 Å². The van der Waals surface area contributed by atoms with E-state index in [0.29, 0.717) is 10.1 Å². The van der Waals surface area contributed by atoms with Gasteiger partial charge in [0.2, 0.25) is 4.96 Å². The first-order valence-corrected chi connectivity index (χ1v) is 9.32. The molecule has 0 radical (unpaired) electrons. The highest BCUT2D eigenvalue weighted by Crippen LogP contribution is 2.07. The van der Waals surface area contributed by atoms with Crippen LogP contribution in [-0.4, -0.2) is 14.6 Å². The van der Waals surface area contributed by atoms with E-state index in [2.05, 4.69) is 10.1 Å². The monoisotopic (exact) mass is 391 g/mol. The molecule has 5 nitrogen and oxygen atoms in total. The summed E-state index contributed by atoms with van der Waals surface area (Å²) in [6.45, 7) is 0. The average Bonchev–Trinajstić information content (AvgIpc) is 3.00. The minimum Gasteiger partial charge on any atom is -0.266 e. The van der Waals surface area contributed by atoms with Crippen LogP contribution in [0.3, 0.4) is 0 Å². The molecule has 0 spiro atoms. The fourth-order valence-corrected chi connectivity index (χ4v) is 3.53. The lowest BCUT2D eigenvalue weighted by Crippen LogP contribution is -2.27. The summed E-state index contributed by atoms with van der Waals surface area (Å²) in [5.74, 6) is -0.356. The molecule has 0 aliphatic rings. The molecule has 0 bridgehead atoms. The van der Waals surface area contributed by atoms with Crippen molar-refractivity contribution in [2.45, 2.75) is 6.42 Å². The Morgan fingerprint density at radius 1 is 1.04 bits per heavy atom. The number of allylic oxidation sites excluding steroid dienone is 1. The summed E-state index contributed by atoms with van der Waals surface area (Å²) in [7, 11) is 0. The van der Waals surface area contributed by atoms with E-state index in [1.165, 1.54) is 12.1 Å². The van der Waals surface area contributed by atoms with Crippen molar-refractivity contribution in [3.63, 3.8) is 0 Å². The van der Waals surface area contributed by atoms with Crippen LogP contribution in [0.5, 0.6) is 0 Å². The zero-order valence-corrected chi connectivity index (χ0v) is 15.4. The molecule has 0 atom stereocenters. The van der Waals surface area contributed by atoms with E-state index in [0.717, 1.165) is 21.4 Å². The maximum atomic E-state index is 13.0. The molecule has 138 valence electrons. The molecule has 2 aromatic carbocycles. The van der Waals surface area contributed by atoms with Gasteiger partial charge in [-0.1, -0.05) is 66.0 Å². The Balaban J connectivity index is 1.70. The van der Waals surface area contributed by atoms with E-state index in [1.54, 1.807) is 24.3 Å². The Hall–Kier alpha value is -3.45. The zero-order valence-electron chi connectivity index (χ0n) is 14.6. The van der Waals surface area contributed by atoms with Crippen LogP contribution in [0.1, 0.15) is 16.8 Å². The molecule has 0 unspecified atom stereocenters. The van der Waals surface area contributed by atoms with Crippen molar-refractivity contribution < 1.29 is 4.39 Å². The summed E-state index contributed by atoms with van der Waals surface area (Å²) in [6.07, 6.45) is 5.52. The van der Waals surface area contributed by atoms with Gasteiger partial charge in [-0.2, -0.15) is 14.6 Å². The fraction of sp³-hybridized carbons (Fsp3) is 0.0476. The van der Waals surface area contributed by atoms with E-state index in [9.17, 15) is 14.0 Å². The van der Waals surface area contributed by atoms with Crippen molar-refractivity contribution in [1.29, 1.82) is 0 Å². The van der Waals surface area contributed by atoms with Gasteiger partial charge in [-0.3, -0.25) is 9.59 Å². The third-order valence-corrected chi connectivity index (χ3v) is 5.05. The van der Waals surface area contributed by atoms with Crippen molar-refractivity contribution in [1.82, 2.24) is 14.6 Å². The molecule has 7 heteroatoms. The van der Waals surface area contributed by atoms with Gasteiger partial charge in [0.15, 0.2) is 0 Å². The summed E-state index contributed by atoms with van der Waals surface area (Å²) in [5.41, 5.74) is 1.06. The predicted octanol–water partition coefficient (Wildman–Crippen LogP) is 2.45. The largest absolute Gasteiger partial charge is 0.296 e. The number of nitrogens with zero attached hydrogens (tertiary/aromatic N) is 3. The third-order valence-electron chi connectivity index (χ3n) is 4.07. The van der Waals surface area contributed by atoms with Crippen molar-refractivity contribution >= 4 is 28.4 Å². The van der Waals surface area contributed by atoms with E-state index in [4.69, 9.17) is 0 Å². The number of fused-ring (bicyclic) bond motifs is 1. The standard InChI is InChI=1S/C21H14FN3O2S/c22-16-11-9-15(10-12-16)13-17-19(26)23-21-25(24-17)20(27)18(28-21)8-4-7-14-5-2-1-3-6-14/h1-12H,13H2/b7-4+,18-8+. The minimum atomic E-state index is -0.489. The van der Waals surface area contributed by atoms with Gasteiger partial charge in [0.05, 0.1) is 4.53 Å². The number of thiazole rings is 1. The van der Waals surface area contributed by atoms with E-state index < -0.39 is 5.56 Å². The van der Waals surface area contributed by atoms with Gasteiger partial charge in [-0.25, -0.2) is 4.39 Å². The molecular weight excluding hydrogens is 377 g/mol. The molecule has 2 aromatic heterocycles. The van der Waals surface area contributed by atoms with E-state index in [1.807, 2.05) is 36.4 Å². The summed E-state index contributed by atoms with van der Waals surface area (Å²) >= 11 is 1.11. The molecule has 0 aliphatic carbocycles. The van der Waals surface area contributed by atoms with Crippen molar-refractivity contribution in [2.75, 3.05) is 0 Å². The third kappa shape index (κ3) is 3.79. The van der Waals surface area contributed by atoms with Crippen LogP contribution in [0.4, 0.5) is 4.39 Å². The predicted molar refractivity (Wildman–Crippen MR) is 108 cm³/mol. The number of aromatic nitrogens is 3. The Kier molecular flexibility index (Phi) is 4.90. The number of rotatable bonds is 4. The van der Waals surface area contributed by atoms with Gasteiger partial charge in [-0.05, 0) is 29.3 Å². The van der Waals surface area contributed by atoms with Crippen LogP contribution in [0.25, 0.3) is 17.1 Å². The first-order valence-electron chi connectivity index (χ1n) is 8.51. The quantitative estimate of drug-likeness (QED) is 0.536. The van der Waals surface area contributed by atoms with E-state index in [-0.39, 0.29) is 28.5 Å². The summed E-state index contributed by atoms with van der Waals surface area (Å²) < 4.78 is 14.6. The molecule has 0 saturated heterocycles. The summed E-state index contributed by atoms with van der Waals surface area (Å²) in [4.78, 5) is 29.1. The highest BCUT2D eigenvalue weighted by Gasteiger charge is 2.11. The normalized spacial score (nSPS) is 12.2. The van der Waals surface area contributed by atoms with Crippen molar-refractivity contribution in [3.8, 4) is 0 Å². The number of benzene rings is 2.